The molecule has 0 spiro atoms. The van der Waals surface area contributed by atoms with Crippen molar-refractivity contribution < 1.29 is 0 Å². The SMILES string of the molecule is CCC(c1ccccc1)C(N)Cc1cncs1. The molecule has 0 fully saturated rings. The summed E-state index contributed by atoms with van der Waals surface area (Å²) >= 11 is 1.68. The van der Waals surface area contributed by atoms with E-state index in [-0.39, 0.29) is 6.04 Å². The predicted molar refractivity (Wildman–Crippen MR) is 73.3 cm³/mol. The highest BCUT2D eigenvalue weighted by atomic mass is 32.1. The van der Waals surface area contributed by atoms with Crippen molar-refractivity contribution in [3.05, 3.63) is 52.5 Å². The molecule has 0 aliphatic rings. The van der Waals surface area contributed by atoms with Crippen molar-refractivity contribution in [1.82, 2.24) is 4.98 Å². The normalized spacial score (nSPS) is 14.5. The van der Waals surface area contributed by atoms with Gasteiger partial charge in [-0.05, 0) is 24.3 Å². The van der Waals surface area contributed by atoms with Gasteiger partial charge in [-0.1, -0.05) is 37.3 Å². The van der Waals surface area contributed by atoms with Gasteiger partial charge in [-0.3, -0.25) is 4.98 Å². The number of aromatic nitrogens is 1. The molecule has 2 unspecified atom stereocenters. The van der Waals surface area contributed by atoms with Crippen molar-refractivity contribution in [1.29, 1.82) is 0 Å². The molecule has 2 nitrogen and oxygen atoms in total. The Bertz CT molecular complexity index is 425. The Hall–Kier alpha value is -1.19. The van der Waals surface area contributed by atoms with Crippen LogP contribution >= 0.6 is 11.3 Å². The van der Waals surface area contributed by atoms with Gasteiger partial charge in [0.05, 0.1) is 5.51 Å². The lowest BCUT2D eigenvalue weighted by Crippen LogP contribution is -2.30. The summed E-state index contributed by atoms with van der Waals surface area (Å²) in [5.41, 5.74) is 9.54. The lowest BCUT2D eigenvalue weighted by atomic mass is 9.88. The molecule has 2 rings (SSSR count). The van der Waals surface area contributed by atoms with E-state index >= 15 is 0 Å². The number of nitrogens with two attached hydrogens (primary N) is 1. The first-order valence-corrected chi connectivity index (χ1v) is 6.87. The van der Waals surface area contributed by atoms with Crippen molar-refractivity contribution in [2.24, 2.45) is 5.73 Å². The first-order valence-electron chi connectivity index (χ1n) is 5.99. The van der Waals surface area contributed by atoms with Crippen LogP contribution in [-0.4, -0.2) is 11.0 Å². The van der Waals surface area contributed by atoms with E-state index in [9.17, 15) is 0 Å². The summed E-state index contributed by atoms with van der Waals surface area (Å²) in [6.45, 7) is 2.20. The second-order valence-corrected chi connectivity index (χ2v) is 5.23. The Labute approximate surface area is 107 Å². The average Bonchev–Trinajstić information content (AvgIpc) is 2.84. The van der Waals surface area contributed by atoms with Crippen LogP contribution in [0, 0.1) is 0 Å². The third-order valence-electron chi connectivity index (χ3n) is 3.10. The highest BCUT2D eigenvalue weighted by Crippen LogP contribution is 2.24. The van der Waals surface area contributed by atoms with Gasteiger partial charge in [0.1, 0.15) is 0 Å². The van der Waals surface area contributed by atoms with Crippen LogP contribution in [0.25, 0.3) is 0 Å². The second-order valence-electron chi connectivity index (χ2n) is 4.26. The molecule has 2 N–H and O–H groups in total. The molecule has 0 amide bonds. The number of hydrogen-bond acceptors (Lipinski definition) is 3. The minimum absolute atomic E-state index is 0.169. The highest BCUT2D eigenvalue weighted by Gasteiger charge is 2.18. The molecular weight excluding hydrogens is 228 g/mol. The van der Waals surface area contributed by atoms with Crippen LogP contribution in [-0.2, 0) is 6.42 Å². The van der Waals surface area contributed by atoms with E-state index in [0.717, 1.165) is 12.8 Å². The number of rotatable bonds is 5. The summed E-state index contributed by atoms with van der Waals surface area (Å²) in [6.07, 6.45) is 3.91. The van der Waals surface area contributed by atoms with E-state index < -0.39 is 0 Å². The Kier molecular flexibility index (Phi) is 4.29. The quantitative estimate of drug-likeness (QED) is 0.880. The Morgan fingerprint density at radius 1 is 1.29 bits per heavy atom. The molecule has 90 valence electrons. The van der Waals surface area contributed by atoms with E-state index in [0.29, 0.717) is 5.92 Å². The Morgan fingerprint density at radius 3 is 2.65 bits per heavy atom. The highest BCUT2D eigenvalue weighted by molar-refractivity contribution is 7.09. The van der Waals surface area contributed by atoms with E-state index in [4.69, 9.17) is 5.73 Å². The Balaban J connectivity index is 2.08. The van der Waals surface area contributed by atoms with E-state index in [1.165, 1.54) is 10.4 Å². The number of nitrogens with zero attached hydrogens (tertiary/aromatic N) is 1. The lowest BCUT2D eigenvalue weighted by molar-refractivity contribution is 0.517. The standard InChI is InChI=1S/C14H18N2S/c1-2-13(11-6-4-3-5-7-11)14(15)8-12-9-16-10-17-12/h3-7,9-10,13-14H,2,8,15H2,1H3. The maximum absolute atomic E-state index is 6.33. The fourth-order valence-electron chi connectivity index (χ4n) is 2.20. The second kappa shape index (κ2) is 5.94. The van der Waals surface area contributed by atoms with E-state index in [2.05, 4.69) is 36.2 Å². The summed E-state index contributed by atoms with van der Waals surface area (Å²) in [5, 5.41) is 0. The summed E-state index contributed by atoms with van der Waals surface area (Å²) in [6, 6.07) is 10.7. The molecule has 2 aromatic rings. The van der Waals surface area contributed by atoms with Crippen LogP contribution in [0.4, 0.5) is 0 Å². The summed E-state index contributed by atoms with van der Waals surface area (Å²) < 4.78 is 0. The van der Waals surface area contributed by atoms with Gasteiger partial charge < -0.3 is 5.73 Å². The Morgan fingerprint density at radius 2 is 2.06 bits per heavy atom. The maximum Gasteiger partial charge on any atom is 0.0794 e. The maximum atomic E-state index is 6.33. The average molecular weight is 246 g/mol. The third-order valence-corrected chi connectivity index (χ3v) is 3.91. The van der Waals surface area contributed by atoms with Crippen LogP contribution in [0.1, 0.15) is 29.7 Å². The topological polar surface area (TPSA) is 38.9 Å². The van der Waals surface area contributed by atoms with Crippen molar-refractivity contribution in [2.45, 2.75) is 31.7 Å². The first kappa shape index (κ1) is 12.3. The third kappa shape index (κ3) is 3.14. The minimum Gasteiger partial charge on any atom is -0.327 e. The van der Waals surface area contributed by atoms with Crippen molar-refractivity contribution in [3.63, 3.8) is 0 Å². The molecule has 1 aromatic heterocycles. The largest absolute Gasteiger partial charge is 0.327 e. The number of benzene rings is 1. The van der Waals surface area contributed by atoms with Crippen LogP contribution in [0.2, 0.25) is 0 Å². The van der Waals surface area contributed by atoms with E-state index in [1.807, 2.05) is 17.8 Å². The molecule has 0 bridgehead atoms. The fraction of sp³-hybridized carbons (Fsp3) is 0.357. The van der Waals surface area contributed by atoms with Gasteiger partial charge >= 0.3 is 0 Å². The molecule has 0 saturated heterocycles. The molecule has 2 atom stereocenters. The lowest BCUT2D eigenvalue weighted by Gasteiger charge is -2.22. The first-order chi connectivity index (χ1) is 8.31. The zero-order valence-corrected chi connectivity index (χ0v) is 10.9. The van der Waals surface area contributed by atoms with E-state index in [1.54, 1.807) is 11.3 Å². The smallest absolute Gasteiger partial charge is 0.0794 e. The molecule has 0 aliphatic carbocycles. The van der Waals surface area contributed by atoms with Gasteiger partial charge in [-0.2, -0.15) is 0 Å². The summed E-state index contributed by atoms with van der Waals surface area (Å²) in [5.74, 6) is 0.429. The molecule has 3 heteroatoms. The molecule has 17 heavy (non-hydrogen) atoms. The van der Waals surface area contributed by atoms with Crippen LogP contribution in [0.3, 0.4) is 0 Å². The number of thiazole rings is 1. The molecule has 0 radical (unpaired) electrons. The molecule has 0 aliphatic heterocycles. The summed E-state index contributed by atoms with van der Waals surface area (Å²) in [4.78, 5) is 5.37. The molecule has 0 saturated carbocycles. The zero-order chi connectivity index (χ0) is 12.1. The summed E-state index contributed by atoms with van der Waals surface area (Å²) in [7, 11) is 0. The van der Waals surface area contributed by atoms with Crippen LogP contribution < -0.4 is 5.73 Å². The van der Waals surface area contributed by atoms with Crippen LogP contribution in [0.5, 0.6) is 0 Å². The molecule has 1 aromatic carbocycles. The monoisotopic (exact) mass is 246 g/mol. The van der Waals surface area contributed by atoms with Gasteiger partial charge in [0.15, 0.2) is 0 Å². The van der Waals surface area contributed by atoms with Gasteiger partial charge in [0, 0.05) is 17.1 Å². The number of hydrogen-bond donors (Lipinski definition) is 1. The minimum atomic E-state index is 0.169. The fourth-order valence-corrected chi connectivity index (χ4v) is 2.87. The van der Waals surface area contributed by atoms with Gasteiger partial charge in [-0.25, -0.2) is 0 Å². The van der Waals surface area contributed by atoms with Crippen molar-refractivity contribution in [3.8, 4) is 0 Å². The van der Waals surface area contributed by atoms with Crippen LogP contribution in [0.15, 0.2) is 42.0 Å². The van der Waals surface area contributed by atoms with Crippen molar-refractivity contribution in [2.75, 3.05) is 0 Å². The van der Waals surface area contributed by atoms with Gasteiger partial charge in [0.2, 0.25) is 0 Å². The predicted octanol–water partition coefficient (Wildman–Crippen LogP) is 3.21. The van der Waals surface area contributed by atoms with Crippen molar-refractivity contribution >= 4 is 11.3 Å². The van der Waals surface area contributed by atoms with Gasteiger partial charge in [0.25, 0.3) is 0 Å². The molecule has 1 heterocycles. The molecular formula is C14H18N2S. The van der Waals surface area contributed by atoms with Gasteiger partial charge in [-0.15, -0.1) is 11.3 Å². The zero-order valence-electron chi connectivity index (χ0n) is 10.0.